The van der Waals surface area contributed by atoms with E-state index in [-0.39, 0.29) is 18.9 Å². The van der Waals surface area contributed by atoms with Gasteiger partial charge >= 0.3 is 17.8 Å². The molecule has 0 atom stereocenters. The maximum absolute atomic E-state index is 12.5. The van der Waals surface area contributed by atoms with Gasteiger partial charge in [0.05, 0.1) is 6.54 Å². The highest BCUT2D eigenvalue weighted by Gasteiger charge is 2.44. The van der Waals surface area contributed by atoms with Crippen LogP contribution in [-0.4, -0.2) is 53.3 Å². The molecule has 0 N–H and O–H groups in total. The zero-order valence-corrected chi connectivity index (χ0v) is 14.9. The number of thiophene rings is 1. The molecule has 3 heterocycles. The molecule has 1 aromatic heterocycles. The highest BCUT2D eigenvalue weighted by Crippen LogP contribution is 2.32. The Hall–Kier alpha value is -3.20. The van der Waals surface area contributed by atoms with Crippen molar-refractivity contribution >= 4 is 35.0 Å². The SMILES string of the molecule is O=C(CN1C(=O)C(=O)N(CCc2cccs2)C1=O)c1ccc2c(c1)OCO2. The third kappa shape index (κ3) is 3.17. The number of nitrogens with zero attached hydrogens (tertiary/aromatic N) is 2. The van der Waals surface area contributed by atoms with E-state index < -0.39 is 30.2 Å². The van der Waals surface area contributed by atoms with E-state index in [0.29, 0.717) is 22.8 Å². The van der Waals surface area contributed by atoms with Gasteiger partial charge in [0.15, 0.2) is 17.3 Å². The second-order valence-corrected chi connectivity index (χ2v) is 6.98. The summed E-state index contributed by atoms with van der Waals surface area (Å²) in [6, 6.07) is 7.59. The lowest BCUT2D eigenvalue weighted by molar-refractivity contribution is -0.143. The lowest BCUT2D eigenvalue weighted by Gasteiger charge is -2.14. The van der Waals surface area contributed by atoms with Crippen molar-refractivity contribution in [3.63, 3.8) is 0 Å². The van der Waals surface area contributed by atoms with E-state index in [0.717, 1.165) is 9.78 Å². The van der Waals surface area contributed by atoms with Crippen LogP contribution in [0.1, 0.15) is 15.2 Å². The number of ether oxygens (including phenoxy) is 2. The molecule has 1 aromatic carbocycles. The second-order valence-electron chi connectivity index (χ2n) is 5.95. The average molecular weight is 386 g/mol. The minimum absolute atomic E-state index is 0.0732. The van der Waals surface area contributed by atoms with Crippen LogP contribution >= 0.6 is 11.3 Å². The van der Waals surface area contributed by atoms with Crippen molar-refractivity contribution in [3.05, 3.63) is 46.2 Å². The minimum Gasteiger partial charge on any atom is -0.454 e. The number of carbonyl (C=O) groups excluding carboxylic acids is 4. The summed E-state index contributed by atoms with van der Waals surface area (Å²) in [6.07, 6.45) is 0.465. The Kier molecular flexibility index (Phi) is 4.36. The number of urea groups is 1. The van der Waals surface area contributed by atoms with Gasteiger partial charge in [0, 0.05) is 23.4 Å². The third-order valence-electron chi connectivity index (χ3n) is 4.29. The number of ketones is 1. The number of amides is 4. The molecule has 0 bridgehead atoms. The zero-order valence-electron chi connectivity index (χ0n) is 14.0. The fourth-order valence-corrected chi connectivity index (χ4v) is 3.57. The van der Waals surface area contributed by atoms with Crippen molar-refractivity contribution in [3.8, 4) is 11.5 Å². The number of fused-ring (bicyclic) bond motifs is 1. The van der Waals surface area contributed by atoms with Crippen molar-refractivity contribution < 1.29 is 28.7 Å². The molecule has 2 aliphatic rings. The number of Topliss-reactive ketones (excluding diaryl/α,β-unsaturated/α-hetero) is 1. The predicted molar refractivity (Wildman–Crippen MR) is 93.7 cm³/mol. The second kappa shape index (κ2) is 6.84. The molecule has 2 aliphatic heterocycles. The Labute approximate surface area is 157 Å². The van der Waals surface area contributed by atoms with Gasteiger partial charge in [-0.05, 0) is 29.6 Å². The van der Waals surface area contributed by atoms with Crippen LogP contribution in [0.5, 0.6) is 11.5 Å². The van der Waals surface area contributed by atoms with Crippen LogP contribution in [0.2, 0.25) is 0 Å². The molecule has 0 radical (unpaired) electrons. The van der Waals surface area contributed by atoms with Gasteiger partial charge in [-0.2, -0.15) is 0 Å². The molecule has 8 nitrogen and oxygen atoms in total. The van der Waals surface area contributed by atoms with Gasteiger partial charge in [0.2, 0.25) is 6.79 Å². The summed E-state index contributed by atoms with van der Waals surface area (Å²) < 4.78 is 10.4. The van der Waals surface area contributed by atoms with Crippen LogP contribution in [0.4, 0.5) is 4.79 Å². The van der Waals surface area contributed by atoms with Gasteiger partial charge < -0.3 is 9.47 Å². The maximum Gasteiger partial charge on any atom is 0.334 e. The summed E-state index contributed by atoms with van der Waals surface area (Å²) in [5, 5.41) is 1.89. The Balaban J connectivity index is 1.45. The van der Waals surface area contributed by atoms with Crippen LogP contribution in [0.15, 0.2) is 35.7 Å². The van der Waals surface area contributed by atoms with Gasteiger partial charge in [-0.3, -0.25) is 19.3 Å². The summed E-state index contributed by atoms with van der Waals surface area (Å²) >= 11 is 1.50. The summed E-state index contributed by atoms with van der Waals surface area (Å²) in [5.74, 6) is -1.42. The molecule has 0 spiro atoms. The molecule has 138 valence electrons. The molecule has 4 amide bonds. The lowest BCUT2D eigenvalue weighted by atomic mass is 10.1. The zero-order chi connectivity index (χ0) is 19.0. The monoisotopic (exact) mass is 386 g/mol. The van der Waals surface area contributed by atoms with E-state index >= 15 is 0 Å². The van der Waals surface area contributed by atoms with Crippen molar-refractivity contribution in [2.45, 2.75) is 6.42 Å². The van der Waals surface area contributed by atoms with Crippen LogP contribution in [0.3, 0.4) is 0 Å². The molecular weight excluding hydrogens is 372 g/mol. The number of carbonyl (C=O) groups is 4. The molecule has 27 heavy (non-hydrogen) atoms. The average Bonchev–Trinajstić information content (AvgIpc) is 3.38. The third-order valence-corrected chi connectivity index (χ3v) is 5.23. The standard InChI is InChI=1S/C18H14N2O6S/c21-13(11-3-4-14-15(8-11)26-10-25-14)9-20-17(23)16(22)19(18(20)24)6-5-12-2-1-7-27-12/h1-4,7-8H,5-6,9-10H2. The normalized spacial score (nSPS) is 15.8. The number of rotatable bonds is 6. The molecule has 4 rings (SSSR count). The number of imide groups is 2. The lowest BCUT2D eigenvalue weighted by Crippen LogP contribution is -2.37. The fourth-order valence-electron chi connectivity index (χ4n) is 2.87. The van der Waals surface area contributed by atoms with Gasteiger partial charge in [0.1, 0.15) is 0 Å². The molecule has 1 fully saturated rings. The number of hydrogen-bond donors (Lipinski definition) is 0. The minimum atomic E-state index is -0.986. The number of hydrogen-bond acceptors (Lipinski definition) is 7. The summed E-state index contributed by atoms with van der Waals surface area (Å²) in [5.41, 5.74) is 0.268. The smallest absolute Gasteiger partial charge is 0.334 e. The Morgan fingerprint density at radius 3 is 2.59 bits per heavy atom. The van der Waals surface area contributed by atoms with E-state index in [1.807, 2.05) is 17.5 Å². The summed E-state index contributed by atoms with van der Waals surface area (Å²) in [7, 11) is 0. The topological polar surface area (TPSA) is 93.2 Å². The maximum atomic E-state index is 12.5. The van der Waals surface area contributed by atoms with E-state index in [2.05, 4.69) is 0 Å². The highest BCUT2D eigenvalue weighted by molar-refractivity contribution is 7.09. The van der Waals surface area contributed by atoms with E-state index in [1.54, 1.807) is 6.07 Å². The van der Waals surface area contributed by atoms with Crippen LogP contribution < -0.4 is 9.47 Å². The molecular formula is C18H14N2O6S. The first-order valence-corrected chi connectivity index (χ1v) is 9.05. The summed E-state index contributed by atoms with van der Waals surface area (Å²) in [6.45, 7) is -0.332. The fraction of sp³-hybridized carbons (Fsp3) is 0.222. The van der Waals surface area contributed by atoms with Gasteiger partial charge in [-0.1, -0.05) is 6.07 Å². The number of benzene rings is 1. The molecule has 0 aliphatic carbocycles. The van der Waals surface area contributed by atoms with E-state index in [9.17, 15) is 19.2 Å². The van der Waals surface area contributed by atoms with Crippen LogP contribution in [0.25, 0.3) is 0 Å². The van der Waals surface area contributed by atoms with Crippen molar-refractivity contribution in [1.82, 2.24) is 9.80 Å². The van der Waals surface area contributed by atoms with Gasteiger partial charge in [0.25, 0.3) is 0 Å². The van der Waals surface area contributed by atoms with E-state index in [1.165, 1.54) is 23.5 Å². The van der Waals surface area contributed by atoms with Gasteiger partial charge in [-0.15, -0.1) is 11.3 Å². The molecule has 2 aromatic rings. The summed E-state index contributed by atoms with van der Waals surface area (Å²) in [4.78, 5) is 51.8. The Bertz CT molecular complexity index is 939. The van der Waals surface area contributed by atoms with Crippen LogP contribution in [-0.2, 0) is 16.0 Å². The van der Waals surface area contributed by atoms with Crippen LogP contribution in [0, 0.1) is 0 Å². The molecule has 1 saturated heterocycles. The molecule has 9 heteroatoms. The predicted octanol–water partition coefficient (Wildman–Crippen LogP) is 1.69. The van der Waals surface area contributed by atoms with Crippen molar-refractivity contribution in [2.24, 2.45) is 0 Å². The van der Waals surface area contributed by atoms with E-state index in [4.69, 9.17) is 9.47 Å². The molecule has 0 unspecified atom stereocenters. The highest BCUT2D eigenvalue weighted by atomic mass is 32.1. The first kappa shape index (κ1) is 17.2. The molecule has 0 saturated carbocycles. The largest absolute Gasteiger partial charge is 0.454 e. The van der Waals surface area contributed by atoms with Crippen molar-refractivity contribution in [2.75, 3.05) is 19.9 Å². The Morgan fingerprint density at radius 1 is 1.04 bits per heavy atom. The Morgan fingerprint density at radius 2 is 1.81 bits per heavy atom. The van der Waals surface area contributed by atoms with Gasteiger partial charge in [-0.25, -0.2) is 9.69 Å². The first-order chi connectivity index (χ1) is 13.0. The van der Waals surface area contributed by atoms with Crippen molar-refractivity contribution in [1.29, 1.82) is 0 Å². The quantitative estimate of drug-likeness (QED) is 0.426. The first-order valence-electron chi connectivity index (χ1n) is 8.17.